The highest BCUT2D eigenvalue weighted by Crippen LogP contribution is 2.31. The first-order valence-corrected chi connectivity index (χ1v) is 10.1. The normalized spacial score (nSPS) is 20.8. The highest BCUT2D eigenvalue weighted by atomic mass is 79.9. The molecule has 1 aliphatic rings. The number of hydrogen-bond donors (Lipinski definition) is 2. The van der Waals surface area contributed by atoms with Crippen molar-refractivity contribution in [2.75, 3.05) is 33.7 Å². The van der Waals surface area contributed by atoms with Gasteiger partial charge in [-0.25, -0.2) is 13.1 Å². The van der Waals surface area contributed by atoms with Crippen LogP contribution >= 0.6 is 27.3 Å². The predicted octanol–water partition coefficient (Wildman–Crippen LogP) is 1.85. The summed E-state index contributed by atoms with van der Waals surface area (Å²) in [5.41, 5.74) is 0. The second kappa shape index (κ2) is 7.52. The number of nitrogens with one attached hydrogen (secondary N) is 2. The number of nitrogens with zero attached hydrogens (tertiary/aromatic N) is 1. The van der Waals surface area contributed by atoms with E-state index in [-0.39, 0.29) is 0 Å². The van der Waals surface area contributed by atoms with Crippen LogP contribution in [0.4, 0.5) is 0 Å². The second-order valence-corrected chi connectivity index (χ2v) is 9.69. The minimum atomic E-state index is -3.44. The Hall–Kier alpha value is 0.01000. The van der Waals surface area contributed by atoms with Gasteiger partial charge in [0.15, 0.2) is 0 Å². The summed E-state index contributed by atoms with van der Waals surface area (Å²) in [6.45, 7) is 3.24. The lowest BCUT2D eigenvalue weighted by molar-refractivity contribution is 0.211. The standard InChI is InChI=1S/C13H22BrN3O2S2/c1-15-8-11-6-12(13(14)20-11)21(18,19)16-7-10-4-3-5-17(2)9-10/h6,10,15-16H,3-5,7-9H2,1-2H3. The molecule has 5 nitrogen and oxygen atoms in total. The summed E-state index contributed by atoms with van der Waals surface area (Å²) >= 11 is 4.82. The average molecular weight is 396 g/mol. The summed E-state index contributed by atoms with van der Waals surface area (Å²) in [4.78, 5) is 3.61. The van der Waals surface area contributed by atoms with Crippen molar-refractivity contribution < 1.29 is 8.42 Å². The van der Waals surface area contributed by atoms with Gasteiger partial charge in [-0.2, -0.15) is 0 Å². The first-order chi connectivity index (χ1) is 9.92. The smallest absolute Gasteiger partial charge is 0.242 e. The second-order valence-electron chi connectivity index (χ2n) is 5.50. The van der Waals surface area contributed by atoms with E-state index in [0.717, 1.165) is 30.8 Å². The minimum Gasteiger partial charge on any atom is -0.315 e. The molecule has 2 heterocycles. The largest absolute Gasteiger partial charge is 0.315 e. The molecule has 1 saturated heterocycles. The van der Waals surface area contributed by atoms with Gasteiger partial charge >= 0.3 is 0 Å². The minimum absolute atomic E-state index is 0.349. The Kier molecular flexibility index (Phi) is 6.22. The van der Waals surface area contributed by atoms with Crippen LogP contribution in [0.3, 0.4) is 0 Å². The lowest BCUT2D eigenvalue weighted by Gasteiger charge is -2.29. The summed E-state index contributed by atoms with van der Waals surface area (Å²) in [7, 11) is 0.492. The average Bonchev–Trinajstić information content (AvgIpc) is 2.79. The summed E-state index contributed by atoms with van der Waals surface area (Å²) in [6, 6.07) is 1.74. The van der Waals surface area contributed by atoms with E-state index in [2.05, 4.69) is 37.9 Å². The highest BCUT2D eigenvalue weighted by molar-refractivity contribution is 9.11. The molecule has 120 valence electrons. The van der Waals surface area contributed by atoms with Crippen molar-refractivity contribution in [3.05, 3.63) is 14.7 Å². The third-order valence-corrected chi connectivity index (χ3v) is 7.31. The lowest BCUT2D eigenvalue weighted by atomic mass is 9.99. The maximum absolute atomic E-state index is 12.4. The van der Waals surface area contributed by atoms with Crippen LogP contribution in [0, 0.1) is 5.92 Å². The summed E-state index contributed by atoms with van der Waals surface area (Å²) in [5, 5.41) is 3.03. The van der Waals surface area contributed by atoms with Crippen LogP contribution in [0.2, 0.25) is 0 Å². The molecule has 8 heteroatoms. The van der Waals surface area contributed by atoms with Crippen molar-refractivity contribution in [3.8, 4) is 0 Å². The fourth-order valence-corrected chi connectivity index (χ4v) is 6.40. The van der Waals surface area contributed by atoms with Gasteiger partial charge in [-0.3, -0.25) is 0 Å². The van der Waals surface area contributed by atoms with E-state index in [4.69, 9.17) is 0 Å². The molecule has 0 amide bonds. The van der Waals surface area contributed by atoms with Gasteiger partial charge in [0.1, 0.15) is 4.90 Å². The van der Waals surface area contributed by atoms with Gasteiger partial charge in [0.25, 0.3) is 0 Å². The monoisotopic (exact) mass is 395 g/mol. The Morgan fingerprint density at radius 3 is 2.95 bits per heavy atom. The molecule has 0 bridgehead atoms. The molecule has 0 saturated carbocycles. The van der Waals surface area contributed by atoms with Crippen LogP contribution < -0.4 is 10.0 Å². The molecular weight excluding hydrogens is 374 g/mol. The third-order valence-electron chi connectivity index (χ3n) is 3.63. The van der Waals surface area contributed by atoms with Crippen molar-refractivity contribution >= 4 is 37.3 Å². The van der Waals surface area contributed by atoms with Crippen LogP contribution in [0.1, 0.15) is 17.7 Å². The molecule has 2 N–H and O–H groups in total. The molecule has 0 aromatic carbocycles. The van der Waals surface area contributed by atoms with Gasteiger partial charge in [-0.05, 0) is 61.4 Å². The van der Waals surface area contributed by atoms with E-state index in [1.807, 2.05) is 7.05 Å². The van der Waals surface area contributed by atoms with Gasteiger partial charge in [0, 0.05) is 24.5 Å². The van der Waals surface area contributed by atoms with Gasteiger partial charge in [0.05, 0.1) is 3.79 Å². The molecule has 1 fully saturated rings. The maximum atomic E-state index is 12.4. The van der Waals surface area contributed by atoms with Gasteiger partial charge in [-0.15, -0.1) is 11.3 Å². The molecular formula is C13H22BrN3O2S2. The Morgan fingerprint density at radius 2 is 2.29 bits per heavy atom. The van der Waals surface area contributed by atoms with Crippen molar-refractivity contribution in [1.29, 1.82) is 0 Å². The number of sulfonamides is 1. The number of thiophene rings is 1. The third kappa shape index (κ3) is 4.74. The zero-order chi connectivity index (χ0) is 15.5. The van der Waals surface area contributed by atoms with E-state index in [9.17, 15) is 8.42 Å². The zero-order valence-corrected chi connectivity index (χ0v) is 15.6. The van der Waals surface area contributed by atoms with Crippen LogP contribution in [0.5, 0.6) is 0 Å². The van der Waals surface area contributed by atoms with E-state index in [1.54, 1.807) is 6.07 Å². The number of halogens is 1. The lowest BCUT2D eigenvalue weighted by Crippen LogP contribution is -2.39. The summed E-state index contributed by atoms with van der Waals surface area (Å²) in [5.74, 6) is 0.396. The van der Waals surface area contributed by atoms with Crippen molar-refractivity contribution in [1.82, 2.24) is 14.9 Å². The fraction of sp³-hybridized carbons (Fsp3) is 0.692. The molecule has 0 aliphatic carbocycles. The number of piperidine rings is 1. The zero-order valence-electron chi connectivity index (χ0n) is 12.4. The van der Waals surface area contributed by atoms with Crippen molar-refractivity contribution in [2.24, 2.45) is 5.92 Å². The molecule has 1 aromatic rings. The fourth-order valence-electron chi connectivity index (χ4n) is 2.59. The molecule has 2 rings (SSSR count). The quantitative estimate of drug-likeness (QED) is 0.771. The van der Waals surface area contributed by atoms with Crippen LogP contribution in [-0.2, 0) is 16.6 Å². The van der Waals surface area contributed by atoms with E-state index in [1.165, 1.54) is 11.3 Å². The number of likely N-dealkylation sites (tertiary alicyclic amines) is 1. The Morgan fingerprint density at radius 1 is 1.52 bits per heavy atom. The number of rotatable bonds is 6. The van der Waals surface area contributed by atoms with Crippen molar-refractivity contribution in [3.63, 3.8) is 0 Å². The Balaban J connectivity index is 2.01. The molecule has 0 spiro atoms. The van der Waals surface area contributed by atoms with Gasteiger partial charge < -0.3 is 10.2 Å². The topological polar surface area (TPSA) is 61.4 Å². The molecule has 1 atom stereocenters. The Bertz CT molecular complexity index is 574. The van der Waals surface area contributed by atoms with E-state index in [0.29, 0.717) is 27.7 Å². The molecule has 1 unspecified atom stereocenters. The Labute approximate surface area is 139 Å². The molecule has 21 heavy (non-hydrogen) atoms. The van der Waals surface area contributed by atoms with Crippen LogP contribution in [0.25, 0.3) is 0 Å². The van der Waals surface area contributed by atoms with E-state index >= 15 is 0 Å². The molecule has 1 aliphatic heterocycles. The van der Waals surface area contributed by atoms with Gasteiger partial charge in [0.2, 0.25) is 10.0 Å². The summed E-state index contributed by atoms with van der Waals surface area (Å²) in [6.07, 6.45) is 2.22. The maximum Gasteiger partial charge on any atom is 0.242 e. The highest BCUT2D eigenvalue weighted by Gasteiger charge is 2.23. The van der Waals surface area contributed by atoms with E-state index < -0.39 is 10.0 Å². The van der Waals surface area contributed by atoms with Crippen molar-refractivity contribution in [2.45, 2.75) is 24.3 Å². The predicted molar refractivity (Wildman–Crippen MR) is 90.2 cm³/mol. The molecule has 0 radical (unpaired) electrons. The van der Waals surface area contributed by atoms with Gasteiger partial charge in [-0.1, -0.05) is 0 Å². The number of hydrogen-bond acceptors (Lipinski definition) is 5. The summed E-state index contributed by atoms with van der Waals surface area (Å²) < 4.78 is 28.3. The first-order valence-electron chi connectivity index (χ1n) is 7.03. The van der Waals surface area contributed by atoms with Crippen LogP contribution in [-0.4, -0.2) is 47.0 Å². The molecule has 1 aromatic heterocycles. The SMILES string of the molecule is CNCc1cc(S(=O)(=O)NCC2CCCN(C)C2)c(Br)s1. The first kappa shape index (κ1) is 17.4. The van der Waals surface area contributed by atoms with Crippen LogP contribution in [0.15, 0.2) is 14.7 Å².